The highest BCUT2D eigenvalue weighted by Gasteiger charge is 2.23. The summed E-state index contributed by atoms with van der Waals surface area (Å²) >= 11 is 1.78. The van der Waals surface area contributed by atoms with Crippen LogP contribution in [0.5, 0.6) is 0 Å². The highest BCUT2D eigenvalue weighted by Crippen LogP contribution is 2.20. The maximum Gasteiger partial charge on any atom is 0.276 e. The van der Waals surface area contributed by atoms with E-state index in [1.807, 2.05) is 17.0 Å². The molecular formula is C19H20N4O2S. The summed E-state index contributed by atoms with van der Waals surface area (Å²) in [5.41, 5.74) is 1.17. The fourth-order valence-corrected chi connectivity index (χ4v) is 3.88. The van der Waals surface area contributed by atoms with Crippen LogP contribution in [0.3, 0.4) is 0 Å². The first kappa shape index (κ1) is 16.9. The second-order valence-electron chi connectivity index (χ2n) is 6.32. The molecule has 0 radical (unpaired) electrons. The molecule has 134 valence electrons. The quantitative estimate of drug-likeness (QED) is 0.708. The van der Waals surface area contributed by atoms with Crippen LogP contribution >= 0.6 is 11.3 Å². The van der Waals surface area contributed by atoms with Crippen LogP contribution in [-0.2, 0) is 6.54 Å². The number of nitrogens with zero attached hydrogens (tertiary/aromatic N) is 4. The van der Waals surface area contributed by atoms with Gasteiger partial charge in [-0.05, 0) is 30.0 Å². The van der Waals surface area contributed by atoms with E-state index in [0.717, 1.165) is 38.2 Å². The molecule has 7 heteroatoms. The molecule has 26 heavy (non-hydrogen) atoms. The molecule has 6 nitrogen and oxygen atoms in total. The Kier molecular flexibility index (Phi) is 5.08. The molecule has 0 atom stereocenters. The summed E-state index contributed by atoms with van der Waals surface area (Å²) in [4.78, 5) is 22.5. The predicted octanol–water partition coefficient (Wildman–Crippen LogP) is 3.15. The Hall–Kier alpha value is -2.51. The minimum Gasteiger partial charge on any atom is -0.355 e. The fraction of sp³-hybridized carbons (Fsp3) is 0.316. The zero-order chi connectivity index (χ0) is 17.8. The first-order valence-corrected chi connectivity index (χ1v) is 9.59. The molecule has 4 rings (SSSR count). The van der Waals surface area contributed by atoms with Gasteiger partial charge in [0.1, 0.15) is 0 Å². The summed E-state index contributed by atoms with van der Waals surface area (Å²) in [7, 11) is 0. The minimum atomic E-state index is -0.0677. The SMILES string of the molecule is O=C(c1cc(-c2cccnc2)on1)N1CCCN(Cc2cccs2)CC1. The van der Waals surface area contributed by atoms with Gasteiger partial charge in [0.2, 0.25) is 0 Å². The van der Waals surface area contributed by atoms with Crippen molar-refractivity contribution in [1.29, 1.82) is 0 Å². The third-order valence-electron chi connectivity index (χ3n) is 4.51. The molecule has 1 saturated heterocycles. The molecule has 0 aliphatic carbocycles. The van der Waals surface area contributed by atoms with Crippen molar-refractivity contribution in [2.45, 2.75) is 13.0 Å². The second kappa shape index (κ2) is 7.80. The van der Waals surface area contributed by atoms with Crippen molar-refractivity contribution in [3.63, 3.8) is 0 Å². The van der Waals surface area contributed by atoms with E-state index in [4.69, 9.17) is 4.52 Å². The highest BCUT2D eigenvalue weighted by molar-refractivity contribution is 7.09. The highest BCUT2D eigenvalue weighted by atomic mass is 32.1. The number of hydrogen-bond donors (Lipinski definition) is 0. The molecule has 0 saturated carbocycles. The van der Waals surface area contributed by atoms with E-state index in [-0.39, 0.29) is 5.91 Å². The lowest BCUT2D eigenvalue weighted by molar-refractivity contribution is 0.0751. The summed E-state index contributed by atoms with van der Waals surface area (Å²) in [5, 5.41) is 6.08. The molecule has 3 aromatic rings. The van der Waals surface area contributed by atoms with Gasteiger partial charge in [-0.3, -0.25) is 14.7 Å². The first-order valence-electron chi connectivity index (χ1n) is 8.71. The minimum absolute atomic E-state index is 0.0677. The number of carbonyl (C=O) groups excluding carboxylic acids is 1. The van der Waals surface area contributed by atoms with Crippen molar-refractivity contribution < 1.29 is 9.32 Å². The second-order valence-corrected chi connectivity index (χ2v) is 7.35. The first-order chi connectivity index (χ1) is 12.8. The third kappa shape index (κ3) is 3.84. The van der Waals surface area contributed by atoms with Crippen molar-refractivity contribution in [1.82, 2.24) is 19.9 Å². The van der Waals surface area contributed by atoms with E-state index in [0.29, 0.717) is 18.0 Å². The van der Waals surface area contributed by atoms with Crippen LogP contribution in [0.2, 0.25) is 0 Å². The smallest absolute Gasteiger partial charge is 0.276 e. The van der Waals surface area contributed by atoms with Gasteiger partial charge >= 0.3 is 0 Å². The molecule has 0 aromatic carbocycles. The number of pyridine rings is 1. The number of aromatic nitrogens is 2. The van der Waals surface area contributed by atoms with Crippen molar-refractivity contribution in [3.8, 4) is 11.3 Å². The molecule has 0 N–H and O–H groups in total. The average Bonchev–Trinajstić information content (AvgIpc) is 3.31. The van der Waals surface area contributed by atoms with Crippen molar-refractivity contribution in [3.05, 3.63) is 58.7 Å². The molecular weight excluding hydrogens is 348 g/mol. The van der Waals surface area contributed by atoms with Crippen molar-refractivity contribution in [2.24, 2.45) is 0 Å². The van der Waals surface area contributed by atoms with E-state index in [1.165, 1.54) is 4.88 Å². The maximum absolute atomic E-state index is 12.8. The van der Waals surface area contributed by atoms with E-state index < -0.39 is 0 Å². The maximum atomic E-state index is 12.8. The van der Waals surface area contributed by atoms with Gasteiger partial charge in [0.05, 0.1) is 0 Å². The topological polar surface area (TPSA) is 62.5 Å². The summed E-state index contributed by atoms with van der Waals surface area (Å²) in [6.45, 7) is 4.28. The van der Waals surface area contributed by atoms with Gasteiger partial charge in [-0.15, -0.1) is 11.3 Å². The molecule has 1 fully saturated rings. The monoisotopic (exact) mass is 368 g/mol. The zero-order valence-electron chi connectivity index (χ0n) is 14.4. The predicted molar refractivity (Wildman–Crippen MR) is 99.9 cm³/mol. The number of hydrogen-bond acceptors (Lipinski definition) is 6. The van der Waals surface area contributed by atoms with E-state index in [2.05, 4.69) is 32.6 Å². The molecule has 4 heterocycles. The Morgan fingerprint density at radius 1 is 1.19 bits per heavy atom. The molecule has 1 amide bonds. The Morgan fingerprint density at radius 2 is 2.15 bits per heavy atom. The van der Waals surface area contributed by atoms with Crippen molar-refractivity contribution in [2.75, 3.05) is 26.2 Å². The van der Waals surface area contributed by atoms with Gasteiger partial charge < -0.3 is 9.42 Å². The van der Waals surface area contributed by atoms with Crippen LogP contribution in [0, 0.1) is 0 Å². The van der Waals surface area contributed by atoms with Gasteiger partial charge in [0, 0.05) is 61.6 Å². The lowest BCUT2D eigenvalue weighted by Crippen LogP contribution is -2.35. The van der Waals surface area contributed by atoms with Gasteiger partial charge in [-0.1, -0.05) is 11.2 Å². The summed E-state index contributed by atoms with van der Waals surface area (Å²) in [6, 6.07) is 9.66. The van der Waals surface area contributed by atoms with E-state index in [9.17, 15) is 4.79 Å². The summed E-state index contributed by atoms with van der Waals surface area (Å²) in [6.07, 6.45) is 4.36. The standard InChI is InChI=1S/C19H20N4O2S/c24-19(17-12-18(25-21-17)15-4-1-6-20-13-15)23-8-3-7-22(9-10-23)14-16-5-2-11-26-16/h1-2,4-6,11-13H,3,7-10,14H2. The molecule has 0 spiro atoms. The Morgan fingerprint density at radius 3 is 2.96 bits per heavy atom. The third-order valence-corrected chi connectivity index (χ3v) is 5.37. The Bertz CT molecular complexity index is 848. The Balaban J connectivity index is 1.40. The van der Waals surface area contributed by atoms with Crippen LogP contribution in [0.1, 0.15) is 21.8 Å². The van der Waals surface area contributed by atoms with Gasteiger partial charge in [0.25, 0.3) is 5.91 Å². The largest absolute Gasteiger partial charge is 0.355 e. The number of thiophene rings is 1. The van der Waals surface area contributed by atoms with Crippen LogP contribution in [-0.4, -0.2) is 52.0 Å². The summed E-state index contributed by atoms with van der Waals surface area (Å²) in [5.74, 6) is 0.498. The molecule has 3 aromatic heterocycles. The van der Waals surface area contributed by atoms with E-state index in [1.54, 1.807) is 29.8 Å². The lowest BCUT2D eigenvalue weighted by Gasteiger charge is -2.20. The lowest BCUT2D eigenvalue weighted by atomic mass is 10.2. The molecule has 1 aliphatic rings. The van der Waals surface area contributed by atoms with E-state index >= 15 is 0 Å². The number of carbonyl (C=O) groups is 1. The normalized spacial score (nSPS) is 15.8. The Labute approximate surface area is 156 Å². The van der Waals surface area contributed by atoms with Crippen LogP contribution in [0.25, 0.3) is 11.3 Å². The fourth-order valence-electron chi connectivity index (χ4n) is 3.14. The van der Waals surface area contributed by atoms with Gasteiger partial charge in [-0.25, -0.2) is 0 Å². The number of rotatable bonds is 4. The molecule has 0 bridgehead atoms. The summed E-state index contributed by atoms with van der Waals surface area (Å²) < 4.78 is 5.34. The van der Waals surface area contributed by atoms with Crippen LogP contribution in [0.4, 0.5) is 0 Å². The van der Waals surface area contributed by atoms with Gasteiger partial charge in [0.15, 0.2) is 11.5 Å². The van der Waals surface area contributed by atoms with Crippen LogP contribution in [0.15, 0.2) is 52.6 Å². The van der Waals surface area contributed by atoms with Gasteiger partial charge in [-0.2, -0.15) is 0 Å². The van der Waals surface area contributed by atoms with Crippen LogP contribution < -0.4 is 0 Å². The zero-order valence-corrected chi connectivity index (χ0v) is 15.2. The average molecular weight is 368 g/mol. The molecule has 1 aliphatic heterocycles. The molecule has 0 unspecified atom stereocenters. The number of amides is 1. The van der Waals surface area contributed by atoms with Crippen molar-refractivity contribution >= 4 is 17.2 Å².